The molecule has 0 aliphatic heterocycles. The van der Waals surface area contributed by atoms with Crippen LogP contribution in [0.1, 0.15) is 17.0 Å². The molecule has 0 spiro atoms. The number of carboxylic acid groups (broad SMARTS) is 1. The van der Waals surface area contributed by atoms with Gasteiger partial charge in [0.1, 0.15) is 11.4 Å². The molecule has 21 heavy (non-hydrogen) atoms. The normalized spacial score (nSPS) is 11.2. The summed E-state index contributed by atoms with van der Waals surface area (Å²) < 4.78 is 5.43. The molecule has 1 aromatic carbocycles. The van der Waals surface area contributed by atoms with Crippen LogP contribution in [0.15, 0.2) is 36.0 Å². The average molecular weight is 287 g/mol. The largest absolute Gasteiger partial charge is 0.477 e. The Morgan fingerprint density at radius 2 is 2.10 bits per heavy atom. The second-order valence-corrected chi connectivity index (χ2v) is 4.49. The van der Waals surface area contributed by atoms with Crippen LogP contribution in [-0.4, -0.2) is 28.0 Å². The highest BCUT2D eigenvalue weighted by atomic mass is 16.5. The van der Waals surface area contributed by atoms with Crippen LogP contribution in [0.2, 0.25) is 0 Å². The summed E-state index contributed by atoms with van der Waals surface area (Å²) in [6, 6.07) is 9.18. The number of aromatic nitrogens is 2. The summed E-state index contributed by atoms with van der Waals surface area (Å²) >= 11 is 0. The van der Waals surface area contributed by atoms with E-state index in [0.29, 0.717) is 5.75 Å². The van der Waals surface area contributed by atoms with Gasteiger partial charge in [-0.05, 0) is 32.1 Å². The minimum atomic E-state index is -1.05. The van der Waals surface area contributed by atoms with Crippen molar-refractivity contribution in [2.24, 2.45) is 0 Å². The lowest BCUT2D eigenvalue weighted by Crippen LogP contribution is -2.24. The Kier molecular flexibility index (Phi) is 4.61. The third kappa shape index (κ3) is 3.85. The maximum atomic E-state index is 11.3. The Labute approximate surface area is 122 Å². The lowest BCUT2D eigenvalue weighted by Gasteiger charge is -2.09. The number of aryl methyl sites for hydroxylation is 2. The fourth-order valence-corrected chi connectivity index (χ4v) is 1.82. The fraction of sp³-hybridized carbons (Fsp3) is 0.200. The van der Waals surface area contributed by atoms with Crippen molar-refractivity contribution in [1.82, 2.24) is 15.5 Å². The van der Waals surface area contributed by atoms with E-state index in [1.807, 2.05) is 32.0 Å². The molecule has 110 valence electrons. The Balaban J connectivity index is 2.05. The van der Waals surface area contributed by atoms with E-state index in [1.54, 1.807) is 18.2 Å². The summed E-state index contributed by atoms with van der Waals surface area (Å²) in [5.74, 6) is -0.378. The number of benzene rings is 1. The number of carbonyl (C=O) groups is 1. The first-order valence-corrected chi connectivity index (χ1v) is 6.46. The van der Waals surface area contributed by atoms with Crippen LogP contribution in [0.3, 0.4) is 0 Å². The number of aliphatic carboxylic acids is 1. The molecule has 6 nitrogen and oxygen atoms in total. The number of aromatic amines is 1. The summed E-state index contributed by atoms with van der Waals surface area (Å²) in [5, 5.41) is 18.8. The van der Waals surface area contributed by atoms with Gasteiger partial charge in [0.05, 0.1) is 5.69 Å². The van der Waals surface area contributed by atoms with Crippen molar-refractivity contribution in [1.29, 1.82) is 0 Å². The highest BCUT2D eigenvalue weighted by Crippen LogP contribution is 2.13. The molecular weight excluding hydrogens is 270 g/mol. The van der Waals surface area contributed by atoms with Crippen molar-refractivity contribution in [3.05, 3.63) is 53.0 Å². The Bertz CT molecular complexity index is 628. The Morgan fingerprint density at radius 1 is 1.38 bits per heavy atom. The topological polar surface area (TPSA) is 87.2 Å². The number of H-pyrrole nitrogens is 1. The van der Waals surface area contributed by atoms with Crippen molar-refractivity contribution in [2.75, 3.05) is 6.73 Å². The van der Waals surface area contributed by atoms with Crippen LogP contribution in [0.4, 0.5) is 0 Å². The van der Waals surface area contributed by atoms with Crippen LogP contribution in [0, 0.1) is 13.8 Å². The quantitative estimate of drug-likeness (QED) is 0.559. The van der Waals surface area contributed by atoms with Gasteiger partial charge < -0.3 is 15.2 Å². The predicted octanol–water partition coefficient (Wildman–Crippen LogP) is 2.08. The molecule has 0 radical (unpaired) electrons. The standard InChI is InChI=1S/C15H17N3O3/c1-10-13(11(2)18-17-10)8-14(15(19)20)16-9-21-12-6-4-3-5-7-12/h3-8,16H,9H2,1-2H3,(H,17,18)(H,19,20)/b14-8-. The van der Waals surface area contributed by atoms with Crippen molar-refractivity contribution >= 4 is 12.0 Å². The Hall–Kier alpha value is -2.76. The highest BCUT2D eigenvalue weighted by Gasteiger charge is 2.10. The molecule has 0 saturated carbocycles. The van der Waals surface area contributed by atoms with Gasteiger partial charge in [0.25, 0.3) is 0 Å². The molecule has 0 aliphatic carbocycles. The van der Waals surface area contributed by atoms with Crippen LogP contribution in [-0.2, 0) is 4.79 Å². The second kappa shape index (κ2) is 6.60. The van der Waals surface area contributed by atoms with E-state index in [2.05, 4.69) is 15.5 Å². The molecule has 0 saturated heterocycles. The van der Waals surface area contributed by atoms with Gasteiger partial charge in [-0.3, -0.25) is 5.10 Å². The van der Waals surface area contributed by atoms with Crippen molar-refractivity contribution < 1.29 is 14.6 Å². The molecule has 6 heteroatoms. The molecule has 3 N–H and O–H groups in total. The average Bonchev–Trinajstić information content (AvgIpc) is 2.78. The van der Waals surface area contributed by atoms with E-state index < -0.39 is 5.97 Å². The maximum absolute atomic E-state index is 11.3. The monoisotopic (exact) mass is 287 g/mol. The molecule has 0 atom stereocenters. The molecule has 2 rings (SSSR count). The van der Waals surface area contributed by atoms with E-state index >= 15 is 0 Å². The maximum Gasteiger partial charge on any atom is 0.352 e. The molecule has 2 aromatic rings. The first kappa shape index (κ1) is 14.6. The van der Waals surface area contributed by atoms with Gasteiger partial charge in [0.2, 0.25) is 0 Å². The smallest absolute Gasteiger partial charge is 0.352 e. The summed E-state index contributed by atoms with van der Waals surface area (Å²) in [6.45, 7) is 3.72. The molecule has 0 aliphatic rings. The van der Waals surface area contributed by atoms with Crippen LogP contribution in [0.25, 0.3) is 6.08 Å². The molecule has 0 amide bonds. The fourth-order valence-electron chi connectivity index (χ4n) is 1.82. The summed E-state index contributed by atoms with van der Waals surface area (Å²) in [5.41, 5.74) is 2.38. The summed E-state index contributed by atoms with van der Waals surface area (Å²) in [6.07, 6.45) is 1.55. The minimum absolute atomic E-state index is 0.0542. The van der Waals surface area contributed by atoms with Gasteiger partial charge >= 0.3 is 5.97 Å². The van der Waals surface area contributed by atoms with Crippen molar-refractivity contribution in [3.63, 3.8) is 0 Å². The summed E-state index contributed by atoms with van der Waals surface area (Å²) in [7, 11) is 0. The molecular formula is C15H17N3O3. The van der Waals surface area contributed by atoms with Crippen LogP contribution < -0.4 is 10.1 Å². The lowest BCUT2D eigenvalue weighted by atomic mass is 10.1. The molecule has 1 aromatic heterocycles. The number of nitrogens with one attached hydrogen (secondary N) is 2. The Morgan fingerprint density at radius 3 is 2.67 bits per heavy atom. The number of nitrogens with zero attached hydrogens (tertiary/aromatic N) is 1. The number of rotatable bonds is 6. The second-order valence-electron chi connectivity index (χ2n) is 4.49. The third-order valence-corrected chi connectivity index (χ3v) is 2.95. The predicted molar refractivity (Wildman–Crippen MR) is 78.7 cm³/mol. The number of carboxylic acids is 1. The molecule has 0 unspecified atom stereocenters. The van der Waals surface area contributed by atoms with Gasteiger partial charge in [-0.25, -0.2) is 4.79 Å². The molecule has 0 bridgehead atoms. The number of hydrogen-bond acceptors (Lipinski definition) is 4. The number of para-hydroxylation sites is 1. The van der Waals surface area contributed by atoms with E-state index in [9.17, 15) is 9.90 Å². The van der Waals surface area contributed by atoms with Crippen molar-refractivity contribution in [2.45, 2.75) is 13.8 Å². The number of hydrogen-bond donors (Lipinski definition) is 3. The van der Waals surface area contributed by atoms with Gasteiger partial charge in [0, 0.05) is 11.3 Å². The molecule has 0 fully saturated rings. The summed E-state index contributed by atoms with van der Waals surface area (Å²) in [4.78, 5) is 11.3. The lowest BCUT2D eigenvalue weighted by molar-refractivity contribution is -0.133. The van der Waals surface area contributed by atoms with Gasteiger partial charge in [-0.2, -0.15) is 5.10 Å². The van der Waals surface area contributed by atoms with E-state index in [4.69, 9.17) is 4.74 Å². The minimum Gasteiger partial charge on any atom is -0.477 e. The first-order chi connectivity index (χ1) is 10.1. The third-order valence-electron chi connectivity index (χ3n) is 2.95. The van der Waals surface area contributed by atoms with Gasteiger partial charge in [-0.15, -0.1) is 0 Å². The van der Waals surface area contributed by atoms with Gasteiger partial charge in [0.15, 0.2) is 6.73 Å². The SMILES string of the molecule is Cc1n[nH]c(C)c1/C=C(\NCOc1ccccc1)C(=O)O. The number of ether oxygens (including phenoxy) is 1. The highest BCUT2D eigenvalue weighted by molar-refractivity contribution is 5.91. The van der Waals surface area contributed by atoms with Crippen LogP contribution >= 0.6 is 0 Å². The zero-order chi connectivity index (χ0) is 15.2. The van der Waals surface area contributed by atoms with E-state index in [0.717, 1.165) is 17.0 Å². The van der Waals surface area contributed by atoms with Crippen LogP contribution in [0.5, 0.6) is 5.75 Å². The van der Waals surface area contributed by atoms with Gasteiger partial charge in [-0.1, -0.05) is 18.2 Å². The molecule has 1 heterocycles. The zero-order valence-corrected chi connectivity index (χ0v) is 11.9. The van der Waals surface area contributed by atoms with Crippen molar-refractivity contribution in [3.8, 4) is 5.75 Å². The van der Waals surface area contributed by atoms with E-state index in [1.165, 1.54) is 0 Å². The van der Waals surface area contributed by atoms with E-state index in [-0.39, 0.29) is 12.4 Å². The zero-order valence-electron chi connectivity index (χ0n) is 11.9. The first-order valence-electron chi connectivity index (χ1n) is 6.46.